The summed E-state index contributed by atoms with van der Waals surface area (Å²) in [7, 11) is 0. The molecule has 1 aromatic rings. The largest absolute Gasteiger partial charge is 0.416 e. The number of hydrogen-bond donors (Lipinski definition) is 2. The maximum absolute atomic E-state index is 13.7. The van der Waals surface area contributed by atoms with Crippen LogP contribution in [0.25, 0.3) is 0 Å². The SMILES string of the molecule is Cl.NCC1(C(=O)Nc2cc(C(F)(F)F)ccc2F)CCOCC1. The molecule has 1 fully saturated rings. The van der Waals surface area contributed by atoms with Crippen LogP contribution in [-0.4, -0.2) is 25.7 Å². The first-order valence-electron chi connectivity index (χ1n) is 6.74. The number of anilines is 1. The smallest absolute Gasteiger partial charge is 0.381 e. The van der Waals surface area contributed by atoms with Crippen molar-refractivity contribution < 1.29 is 27.1 Å². The van der Waals surface area contributed by atoms with Crippen molar-refractivity contribution in [3.05, 3.63) is 29.6 Å². The van der Waals surface area contributed by atoms with Gasteiger partial charge in [0, 0.05) is 19.8 Å². The van der Waals surface area contributed by atoms with Gasteiger partial charge in [0.1, 0.15) is 5.82 Å². The Hall–Kier alpha value is -1.38. The second-order valence-corrected chi connectivity index (χ2v) is 5.24. The molecule has 0 aliphatic carbocycles. The van der Waals surface area contributed by atoms with Crippen molar-refractivity contribution in [2.45, 2.75) is 19.0 Å². The number of carbonyl (C=O) groups excluding carboxylic acids is 1. The van der Waals surface area contributed by atoms with E-state index in [0.717, 1.165) is 0 Å². The monoisotopic (exact) mass is 356 g/mol. The van der Waals surface area contributed by atoms with Crippen molar-refractivity contribution in [3.63, 3.8) is 0 Å². The van der Waals surface area contributed by atoms with Crippen LogP contribution in [-0.2, 0) is 15.7 Å². The number of nitrogens with one attached hydrogen (secondary N) is 1. The van der Waals surface area contributed by atoms with Gasteiger partial charge in [-0.2, -0.15) is 13.2 Å². The van der Waals surface area contributed by atoms with E-state index < -0.39 is 34.6 Å². The first kappa shape index (κ1) is 19.7. The van der Waals surface area contributed by atoms with E-state index >= 15 is 0 Å². The maximum atomic E-state index is 13.7. The number of amides is 1. The summed E-state index contributed by atoms with van der Waals surface area (Å²) in [6, 6.07) is 1.88. The number of rotatable bonds is 3. The Bertz CT molecular complexity index is 560. The Morgan fingerprint density at radius 2 is 1.91 bits per heavy atom. The summed E-state index contributed by atoms with van der Waals surface area (Å²) >= 11 is 0. The topological polar surface area (TPSA) is 64.4 Å². The van der Waals surface area contributed by atoms with Gasteiger partial charge in [-0.05, 0) is 31.0 Å². The molecule has 3 N–H and O–H groups in total. The number of hydrogen-bond acceptors (Lipinski definition) is 3. The van der Waals surface area contributed by atoms with Gasteiger partial charge >= 0.3 is 6.18 Å². The van der Waals surface area contributed by atoms with Gasteiger partial charge in [0.2, 0.25) is 5.91 Å². The Kier molecular flexibility index (Phi) is 6.38. The minimum absolute atomic E-state index is 0. The summed E-state index contributed by atoms with van der Waals surface area (Å²) < 4.78 is 56.8. The number of carbonyl (C=O) groups is 1. The van der Waals surface area contributed by atoms with E-state index in [2.05, 4.69) is 5.32 Å². The summed E-state index contributed by atoms with van der Waals surface area (Å²) in [6.07, 6.45) is -3.93. The van der Waals surface area contributed by atoms with Crippen molar-refractivity contribution >= 4 is 24.0 Å². The molecule has 1 aromatic carbocycles. The fourth-order valence-electron chi connectivity index (χ4n) is 2.34. The number of halogens is 5. The van der Waals surface area contributed by atoms with Gasteiger partial charge in [0.15, 0.2) is 0 Å². The van der Waals surface area contributed by atoms with Crippen molar-refractivity contribution in [3.8, 4) is 0 Å². The minimum atomic E-state index is -4.61. The normalized spacial score (nSPS) is 17.3. The molecule has 0 bridgehead atoms. The van der Waals surface area contributed by atoms with Crippen molar-refractivity contribution in [2.75, 3.05) is 25.1 Å². The highest BCUT2D eigenvalue weighted by molar-refractivity contribution is 5.95. The minimum Gasteiger partial charge on any atom is -0.381 e. The Morgan fingerprint density at radius 1 is 1.30 bits per heavy atom. The predicted molar refractivity (Wildman–Crippen MR) is 78.8 cm³/mol. The van der Waals surface area contributed by atoms with Gasteiger partial charge in [-0.15, -0.1) is 12.4 Å². The van der Waals surface area contributed by atoms with Crippen molar-refractivity contribution in [1.29, 1.82) is 0 Å². The number of benzene rings is 1. The highest BCUT2D eigenvalue weighted by Crippen LogP contribution is 2.34. The lowest BCUT2D eigenvalue weighted by atomic mass is 9.79. The van der Waals surface area contributed by atoms with Crippen LogP contribution >= 0.6 is 12.4 Å². The summed E-state index contributed by atoms with van der Waals surface area (Å²) in [5.41, 5.74) is 3.16. The standard InChI is InChI=1S/C14H16F4N2O2.ClH/c15-10-2-1-9(14(16,17)18)7-11(10)20-12(21)13(8-19)3-5-22-6-4-13;/h1-2,7H,3-6,8,19H2,(H,20,21);1H. The van der Waals surface area contributed by atoms with Crippen LogP contribution in [0.4, 0.5) is 23.2 Å². The van der Waals surface area contributed by atoms with E-state index in [1.807, 2.05) is 0 Å². The first-order valence-corrected chi connectivity index (χ1v) is 6.74. The molecule has 1 saturated heterocycles. The molecule has 0 radical (unpaired) electrons. The fraction of sp³-hybridized carbons (Fsp3) is 0.500. The van der Waals surface area contributed by atoms with Crippen LogP contribution in [0.3, 0.4) is 0 Å². The molecular weight excluding hydrogens is 340 g/mol. The van der Waals surface area contributed by atoms with Crippen molar-refractivity contribution in [2.24, 2.45) is 11.1 Å². The fourth-order valence-corrected chi connectivity index (χ4v) is 2.34. The lowest BCUT2D eigenvalue weighted by Gasteiger charge is -2.34. The second kappa shape index (κ2) is 7.46. The molecule has 1 aliphatic heterocycles. The molecule has 2 rings (SSSR count). The molecule has 130 valence electrons. The zero-order chi connectivity index (χ0) is 16.4. The van der Waals surface area contributed by atoms with Crippen LogP contribution in [0.1, 0.15) is 18.4 Å². The predicted octanol–water partition coefficient (Wildman–Crippen LogP) is 2.96. The van der Waals surface area contributed by atoms with Gasteiger partial charge in [0.25, 0.3) is 0 Å². The molecular formula is C14H17ClF4N2O2. The van der Waals surface area contributed by atoms with Crippen LogP contribution in [0.15, 0.2) is 18.2 Å². The van der Waals surface area contributed by atoms with Crippen LogP contribution in [0.2, 0.25) is 0 Å². The summed E-state index contributed by atoms with van der Waals surface area (Å²) in [5.74, 6) is -1.52. The second-order valence-electron chi connectivity index (χ2n) is 5.24. The molecule has 1 amide bonds. The Labute approximate surface area is 136 Å². The molecule has 0 unspecified atom stereocenters. The molecule has 4 nitrogen and oxygen atoms in total. The lowest BCUT2D eigenvalue weighted by molar-refractivity contribution is -0.137. The van der Waals surface area contributed by atoms with Gasteiger partial charge in [-0.25, -0.2) is 4.39 Å². The molecule has 0 atom stereocenters. The zero-order valence-corrected chi connectivity index (χ0v) is 12.9. The first-order chi connectivity index (χ1) is 10.3. The molecule has 23 heavy (non-hydrogen) atoms. The molecule has 0 aromatic heterocycles. The lowest BCUT2D eigenvalue weighted by Crippen LogP contribution is -2.46. The maximum Gasteiger partial charge on any atom is 0.416 e. The van der Waals surface area contributed by atoms with E-state index in [-0.39, 0.29) is 19.0 Å². The highest BCUT2D eigenvalue weighted by atomic mass is 35.5. The third kappa shape index (κ3) is 4.33. The van der Waals surface area contributed by atoms with Crippen molar-refractivity contribution in [1.82, 2.24) is 0 Å². The number of alkyl halides is 3. The summed E-state index contributed by atoms with van der Waals surface area (Å²) in [4.78, 5) is 12.3. The molecule has 1 heterocycles. The summed E-state index contributed by atoms with van der Waals surface area (Å²) in [6.45, 7) is 0.675. The molecule has 1 aliphatic rings. The van der Waals surface area contributed by atoms with Gasteiger partial charge in [0.05, 0.1) is 16.7 Å². The van der Waals surface area contributed by atoms with Gasteiger partial charge in [-0.1, -0.05) is 0 Å². The highest BCUT2D eigenvalue weighted by Gasteiger charge is 2.39. The Balaban J connectivity index is 0.00000264. The van der Waals surface area contributed by atoms with Gasteiger partial charge in [-0.3, -0.25) is 4.79 Å². The van der Waals surface area contributed by atoms with Gasteiger partial charge < -0.3 is 15.8 Å². The van der Waals surface area contributed by atoms with E-state index in [1.54, 1.807) is 0 Å². The Morgan fingerprint density at radius 3 is 2.43 bits per heavy atom. The summed E-state index contributed by atoms with van der Waals surface area (Å²) in [5, 5.41) is 2.23. The van der Waals surface area contributed by atoms with E-state index in [1.165, 1.54) is 0 Å². The van der Waals surface area contributed by atoms with Crippen LogP contribution in [0, 0.1) is 11.2 Å². The van der Waals surface area contributed by atoms with E-state index in [0.29, 0.717) is 44.3 Å². The third-order valence-electron chi connectivity index (χ3n) is 3.86. The number of nitrogens with two attached hydrogens (primary N) is 1. The quantitative estimate of drug-likeness (QED) is 0.818. The average Bonchev–Trinajstić information content (AvgIpc) is 2.49. The molecule has 9 heteroatoms. The molecule has 0 saturated carbocycles. The van der Waals surface area contributed by atoms with E-state index in [4.69, 9.17) is 10.5 Å². The van der Waals surface area contributed by atoms with Crippen LogP contribution in [0.5, 0.6) is 0 Å². The van der Waals surface area contributed by atoms with E-state index in [9.17, 15) is 22.4 Å². The molecule has 0 spiro atoms. The van der Waals surface area contributed by atoms with Crippen LogP contribution < -0.4 is 11.1 Å². The average molecular weight is 357 g/mol. The zero-order valence-electron chi connectivity index (χ0n) is 12.1. The third-order valence-corrected chi connectivity index (χ3v) is 3.86. The number of ether oxygens (including phenoxy) is 1.